The van der Waals surface area contributed by atoms with E-state index < -0.39 is 64.6 Å². The molecule has 11 rings (SSSR count). The molecule has 0 bridgehead atoms. The van der Waals surface area contributed by atoms with Gasteiger partial charge in [0.25, 0.3) is 5.91 Å². The fourth-order valence-electron chi connectivity index (χ4n) is 14.6. The lowest BCUT2D eigenvalue weighted by Crippen LogP contribution is -2.50. The largest absolute Gasteiger partial charge is 0.446 e. The Kier molecular flexibility index (Phi) is 28.1. The zero-order valence-corrected chi connectivity index (χ0v) is 59.8. The molecule has 1 aliphatic carbocycles. The third kappa shape index (κ3) is 20.1. The minimum absolute atomic E-state index is 0. The van der Waals surface area contributed by atoms with Crippen molar-refractivity contribution in [1.29, 1.82) is 0 Å². The van der Waals surface area contributed by atoms with Gasteiger partial charge >= 0.3 is 18.4 Å². The van der Waals surface area contributed by atoms with E-state index in [1.54, 1.807) is 11.9 Å². The minimum atomic E-state index is -5.15. The molecule has 4 heterocycles. The van der Waals surface area contributed by atoms with Gasteiger partial charge in [0.2, 0.25) is 17.7 Å². The van der Waals surface area contributed by atoms with Crippen molar-refractivity contribution in [2.24, 2.45) is 0 Å². The second kappa shape index (κ2) is 35.8. The highest BCUT2D eigenvalue weighted by Crippen LogP contribution is 2.49. The van der Waals surface area contributed by atoms with Gasteiger partial charge in [0, 0.05) is 108 Å². The number of benzene rings is 6. The number of likely N-dealkylation sites (N-methyl/N-ethyl adjacent to an activating group) is 2. The number of hydrogen-bond donors (Lipinski definition) is 2. The lowest BCUT2D eigenvalue weighted by Gasteiger charge is -2.44. The Morgan fingerprint density at radius 3 is 2.03 bits per heavy atom. The van der Waals surface area contributed by atoms with Crippen LogP contribution in [0.1, 0.15) is 120 Å². The Morgan fingerprint density at radius 2 is 1.31 bits per heavy atom. The molecule has 102 heavy (non-hydrogen) atoms. The number of anilines is 2. The molecule has 0 radical (unpaired) electrons. The monoisotopic (exact) mass is 1480 g/mol. The van der Waals surface area contributed by atoms with Crippen molar-refractivity contribution < 1.29 is 68.9 Å². The van der Waals surface area contributed by atoms with Crippen LogP contribution in [0.4, 0.5) is 46.9 Å². The summed E-state index contributed by atoms with van der Waals surface area (Å²) in [6.45, 7) is 6.13. The molecule has 5 aliphatic rings. The Labute approximate surface area is 610 Å². The molecule has 1 spiro atoms. The van der Waals surface area contributed by atoms with Gasteiger partial charge in [-0.25, -0.2) is 9.18 Å². The van der Waals surface area contributed by atoms with Crippen LogP contribution in [0.2, 0.25) is 0 Å². The Balaban J connectivity index is 0.00000440. The van der Waals surface area contributed by atoms with E-state index in [0.29, 0.717) is 108 Å². The zero-order valence-electron chi connectivity index (χ0n) is 57.3. The lowest BCUT2D eigenvalue weighted by atomic mass is 9.72. The second-order valence-electron chi connectivity index (χ2n) is 27.0. The predicted octanol–water partition coefficient (Wildman–Crippen LogP) is 14.5. The van der Waals surface area contributed by atoms with Crippen LogP contribution in [-0.2, 0) is 71.3 Å². The third-order valence-corrected chi connectivity index (χ3v) is 20.5. The highest BCUT2D eigenvalue weighted by molar-refractivity contribution is 5.95. The van der Waals surface area contributed by atoms with Crippen LogP contribution in [0, 0.1) is 5.82 Å². The number of alkyl halides is 6. The first-order valence-electron chi connectivity index (χ1n) is 34.4. The number of amides is 5. The summed E-state index contributed by atoms with van der Waals surface area (Å²) >= 11 is 0. The minimum Gasteiger partial charge on any atom is -0.446 e. The van der Waals surface area contributed by atoms with Crippen molar-refractivity contribution in [3.05, 3.63) is 190 Å². The average molecular weight is 1480 g/mol. The van der Waals surface area contributed by atoms with Crippen LogP contribution in [-0.4, -0.2) is 171 Å². The topological polar surface area (TPSA) is 157 Å². The number of carbonyl (C=O) groups is 5. The van der Waals surface area contributed by atoms with Gasteiger partial charge in [-0.15, -0.1) is 37.2 Å². The number of halogens is 10. The first kappa shape index (κ1) is 80.2. The highest BCUT2D eigenvalue weighted by Gasteiger charge is 2.50. The first-order chi connectivity index (χ1) is 47.5. The van der Waals surface area contributed by atoms with Gasteiger partial charge in [-0.05, 0) is 159 Å². The molecule has 2 N–H and O–H groups in total. The van der Waals surface area contributed by atoms with Gasteiger partial charge < -0.3 is 48.9 Å². The van der Waals surface area contributed by atoms with E-state index in [-0.39, 0.29) is 92.8 Å². The summed E-state index contributed by atoms with van der Waals surface area (Å²) in [6.07, 6.45) is -2.86. The predicted molar refractivity (Wildman–Crippen MR) is 384 cm³/mol. The van der Waals surface area contributed by atoms with Crippen LogP contribution < -0.4 is 10.6 Å². The summed E-state index contributed by atoms with van der Waals surface area (Å²) in [6, 6.07) is 38.3. The van der Waals surface area contributed by atoms with Crippen LogP contribution in [0.25, 0.3) is 11.1 Å². The molecule has 0 saturated carbocycles. The Bertz CT molecular complexity index is 3770. The molecule has 552 valence electrons. The van der Waals surface area contributed by atoms with Gasteiger partial charge in [-0.1, -0.05) is 97.4 Å². The fraction of sp³-hybridized carbons (Fsp3) is 0.461. The number of rotatable bonds is 25. The normalized spacial score (nSPS) is 18.2. The van der Waals surface area contributed by atoms with E-state index in [4.69, 9.17) is 14.2 Å². The summed E-state index contributed by atoms with van der Waals surface area (Å²) in [5.41, 5.74) is 3.14. The van der Waals surface area contributed by atoms with Crippen molar-refractivity contribution in [1.82, 2.24) is 29.4 Å². The number of para-hydroxylation sites is 1. The number of carbonyl (C=O) groups excluding carboxylic acids is 5. The second-order valence-corrected chi connectivity index (χ2v) is 27.0. The van der Waals surface area contributed by atoms with E-state index in [9.17, 15) is 54.7 Å². The number of nitrogens with one attached hydrogen (secondary N) is 2. The summed E-state index contributed by atoms with van der Waals surface area (Å²) in [5.74, 6) is -1.62. The Morgan fingerprint density at radius 1 is 0.647 bits per heavy atom. The zero-order chi connectivity index (χ0) is 69.9. The van der Waals surface area contributed by atoms with Gasteiger partial charge in [0.15, 0.2) is 0 Å². The lowest BCUT2D eigenvalue weighted by molar-refractivity contribution is -0.143. The summed E-state index contributed by atoms with van der Waals surface area (Å²) < 4.78 is 116. The van der Waals surface area contributed by atoms with Crippen molar-refractivity contribution in [3.63, 3.8) is 0 Å². The molecule has 6 aromatic rings. The number of unbranched alkanes of at least 4 members (excludes halogenated alkanes) is 2. The molecule has 0 aromatic heterocycles. The van der Waals surface area contributed by atoms with Gasteiger partial charge in [0.05, 0.1) is 29.5 Å². The molecule has 5 amide bonds. The van der Waals surface area contributed by atoms with Crippen molar-refractivity contribution in [3.8, 4) is 11.1 Å². The number of ether oxygens (including phenoxy) is 3. The molecule has 3 saturated heterocycles. The quantitative estimate of drug-likeness (QED) is 0.0415. The number of fused-ring (bicyclic) bond motifs is 3. The molecule has 26 heteroatoms. The summed E-state index contributed by atoms with van der Waals surface area (Å²) in [4.78, 5) is 77.9. The van der Waals surface area contributed by atoms with E-state index in [1.807, 2.05) is 83.6 Å². The molecule has 0 unspecified atom stereocenters. The van der Waals surface area contributed by atoms with Crippen molar-refractivity contribution >= 4 is 78.3 Å². The smallest absolute Gasteiger partial charge is 0.416 e. The number of piperidine rings is 2. The maximum Gasteiger partial charge on any atom is 0.416 e. The van der Waals surface area contributed by atoms with Gasteiger partial charge in [-0.3, -0.25) is 24.5 Å². The highest BCUT2D eigenvalue weighted by atomic mass is 35.5. The van der Waals surface area contributed by atoms with E-state index in [2.05, 4.69) is 50.8 Å². The molecule has 3 fully saturated rings. The van der Waals surface area contributed by atoms with Crippen LogP contribution in [0.3, 0.4) is 0 Å². The average Bonchev–Trinajstić information content (AvgIpc) is 1.59. The van der Waals surface area contributed by atoms with Crippen LogP contribution >= 0.6 is 37.2 Å². The molecular formula is C76H90Cl3F7N8O8. The SMILES string of the molecule is CN(CCN1CCC(OC(=O)Nc2ccccc2-c2ccccc2)CC1)C(=O)CCCCCNc1ccc2c(c1)CCN(C(=O)CCCN(C)C(=O)CO[C@H]1Cc3ccccc3C13CCN(CC[C@]1(c4ccc(F)cc4)CN(C(=O)c4cc(C(F)(F)F)cc(C(F)(F)F)c4)CO1)CC3)C2.Cl.Cl.Cl. The molecular weight excluding hydrogens is 1390 g/mol. The summed E-state index contributed by atoms with van der Waals surface area (Å²) in [7, 11) is 3.59. The van der Waals surface area contributed by atoms with Crippen LogP contribution in [0.15, 0.2) is 140 Å². The third-order valence-electron chi connectivity index (χ3n) is 20.5. The molecule has 2 atom stereocenters. The fourth-order valence-corrected chi connectivity index (χ4v) is 14.6. The molecule has 6 aromatic carbocycles. The maximum absolute atomic E-state index is 14.3. The van der Waals surface area contributed by atoms with E-state index in [0.717, 1.165) is 97.5 Å². The van der Waals surface area contributed by atoms with Crippen molar-refractivity contribution in [2.75, 3.05) is 110 Å². The van der Waals surface area contributed by atoms with Gasteiger partial charge in [-0.2, -0.15) is 26.3 Å². The standard InChI is InChI=1S/C76H87F7N8O8.3ClH/c1-86(35-13-21-69(93)90-38-28-54-46-62(27-22-56(54)49-90)84-34-12-4-7-20-68(92)87(2)42-43-88-36-29-63(30-37-88)99-72(96)85-66-19-11-9-17-64(66)53-14-5-3-6-15-53)70(94)50-97-67-47-55-16-8-10-18-65(55)73(67)31-39-89(40-32-73)41-33-74(58-23-25-61(77)26-24-58)51-91(52-98-74)71(95)57-44-59(75(78,79)80)48-60(45-57)76(81,82)83;;;/h3,5-6,8-11,14-19,22-27,44-46,48,63,67,84H,4,7,12-13,20-21,28-43,47,49-52H2,1-2H3,(H,85,96);3*1H/t67-,74+;;;/m0.../s1. The Hall–Kier alpha value is -7.51. The van der Waals surface area contributed by atoms with E-state index >= 15 is 0 Å². The van der Waals surface area contributed by atoms with Crippen molar-refractivity contribution in [2.45, 2.75) is 126 Å². The maximum atomic E-state index is 14.3. The summed E-state index contributed by atoms with van der Waals surface area (Å²) in [5, 5.41) is 6.48. The number of hydrogen-bond acceptors (Lipinski definition) is 11. The van der Waals surface area contributed by atoms with Gasteiger partial charge in [0.1, 0.15) is 30.9 Å². The number of likely N-dealkylation sites (tertiary alicyclic amines) is 2. The first-order valence-corrected chi connectivity index (χ1v) is 34.4. The van der Waals surface area contributed by atoms with Crippen LogP contribution in [0.5, 0.6) is 0 Å². The van der Waals surface area contributed by atoms with E-state index in [1.165, 1.54) is 35.4 Å². The number of nitrogens with zero attached hydrogens (tertiary/aromatic N) is 6. The molecule has 16 nitrogen and oxygen atoms in total. The molecule has 4 aliphatic heterocycles.